The number of carbonyl (C=O) groups is 1. The van der Waals surface area contributed by atoms with E-state index >= 15 is 0 Å². The Morgan fingerprint density at radius 3 is 2.46 bits per heavy atom. The molecule has 6 nitrogen and oxygen atoms in total. The quantitative estimate of drug-likeness (QED) is 0.650. The lowest BCUT2D eigenvalue weighted by atomic mass is 10.1. The number of nitrogens with one attached hydrogen (secondary N) is 1. The molecule has 0 aliphatic heterocycles. The number of rotatable bonds is 9. The van der Waals surface area contributed by atoms with Gasteiger partial charge in [0.15, 0.2) is 17.3 Å². The zero-order valence-corrected chi connectivity index (χ0v) is 15.7. The summed E-state index contributed by atoms with van der Waals surface area (Å²) in [6, 6.07) is 10.1. The van der Waals surface area contributed by atoms with Crippen LogP contribution < -0.4 is 19.5 Å². The fraction of sp³-hybridized carbons (Fsp3) is 0.316. The Kier molecular flexibility index (Phi) is 7.12. The Balaban J connectivity index is 1.94. The van der Waals surface area contributed by atoms with Gasteiger partial charge in [-0.2, -0.15) is 0 Å². The van der Waals surface area contributed by atoms with Crippen molar-refractivity contribution >= 4 is 23.1 Å². The molecule has 7 heteroatoms. The molecular formula is C19H22ClNO5. The third-order valence-electron chi connectivity index (χ3n) is 3.69. The number of hydrogen-bond acceptors (Lipinski definition) is 6. The number of methoxy groups -OCH3 is 2. The van der Waals surface area contributed by atoms with Crippen LogP contribution in [0.1, 0.15) is 17.3 Å². The first-order valence-electron chi connectivity index (χ1n) is 8.01. The van der Waals surface area contributed by atoms with Crippen molar-refractivity contribution in [2.45, 2.75) is 13.0 Å². The van der Waals surface area contributed by atoms with Crippen molar-refractivity contribution in [2.24, 2.45) is 0 Å². The van der Waals surface area contributed by atoms with Gasteiger partial charge in [0.1, 0.15) is 18.5 Å². The summed E-state index contributed by atoms with van der Waals surface area (Å²) < 4.78 is 16.1. The average Bonchev–Trinajstić information content (AvgIpc) is 2.64. The lowest BCUT2D eigenvalue weighted by Gasteiger charge is -2.17. The van der Waals surface area contributed by atoms with Gasteiger partial charge in [0.05, 0.1) is 19.9 Å². The van der Waals surface area contributed by atoms with Gasteiger partial charge in [-0.1, -0.05) is 11.6 Å². The minimum atomic E-state index is -0.782. The van der Waals surface area contributed by atoms with Crippen LogP contribution in [0.15, 0.2) is 36.4 Å². The lowest BCUT2D eigenvalue weighted by Crippen LogP contribution is -2.26. The maximum absolute atomic E-state index is 11.4. The normalized spacial score (nSPS) is 11.6. The first-order valence-corrected chi connectivity index (χ1v) is 8.39. The van der Waals surface area contributed by atoms with Gasteiger partial charge in [0.25, 0.3) is 0 Å². The lowest BCUT2D eigenvalue weighted by molar-refractivity contribution is 0.101. The zero-order valence-electron chi connectivity index (χ0n) is 14.9. The third-order valence-corrected chi connectivity index (χ3v) is 3.93. The first-order chi connectivity index (χ1) is 12.4. The van der Waals surface area contributed by atoms with Crippen molar-refractivity contribution in [3.63, 3.8) is 0 Å². The summed E-state index contributed by atoms with van der Waals surface area (Å²) in [5.74, 6) is 1.46. The van der Waals surface area contributed by atoms with Gasteiger partial charge in [-0.15, -0.1) is 0 Å². The maximum atomic E-state index is 11.4. The van der Waals surface area contributed by atoms with Crippen LogP contribution in [-0.4, -0.2) is 44.4 Å². The van der Waals surface area contributed by atoms with E-state index in [4.69, 9.17) is 25.8 Å². The highest BCUT2D eigenvalue weighted by Gasteiger charge is 2.12. The van der Waals surface area contributed by atoms with Gasteiger partial charge >= 0.3 is 0 Å². The van der Waals surface area contributed by atoms with E-state index in [-0.39, 0.29) is 18.9 Å². The van der Waals surface area contributed by atoms with Crippen LogP contribution in [0.2, 0.25) is 5.02 Å². The summed E-state index contributed by atoms with van der Waals surface area (Å²) in [6.45, 7) is 1.77. The van der Waals surface area contributed by atoms with E-state index in [1.165, 1.54) is 14.0 Å². The molecule has 0 heterocycles. The second kappa shape index (κ2) is 9.31. The molecule has 1 unspecified atom stereocenters. The van der Waals surface area contributed by atoms with Crippen molar-refractivity contribution in [2.75, 3.05) is 32.7 Å². The Morgan fingerprint density at radius 2 is 1.81 bits per heavy atom. The summed E-state index contributed by atoms with van der Waals surface area (Å²) in [6.07, 6.45) is -0.782. The molecule has 0 aliphatic rings. The topological polar surface area (TPSA) is 77.0 Å². The number of Topliss-reactive ketones (excluding diaryl/α,β-unsaturated/α-hetero) is 1. The Hall–Kier alpha value is -2.44. The SMILES string of the molecule is COc1ccc(Cl)cc1NCC(O)COc1ccc(C(C)=O)cc1OC. The standard InChI is InChI=1S/C19H22ClNO5/c1-12(22)13-4-6-18(19(8-13)25-3)26-11-15(23)10-21-16-9-14(20)5-7-17(16)24-2/h4-9,15,21,23H,10-11H2,1-3H3. The van der Waals surface area contributed by atoms with E-state index < -0.39 is 6.10 Å². The number of aliphatic hydroxyl groups is 1. The summed E-state index contributed by atoms with van der Waals surface area (Å²) in [4.78, 5) is 11.4. The molecule has 2 aromatic carbocycles. The molecule has 0 saturated carbocycles. The fourth-order valence-corrected chi connectivity index (χ4v) is 2.47. The Labute approximate surface area is 157 Å². The number of hydrogen-bond donors (Lipinski definition) is 2. The van der Waals surface area contributed by atoms with Gasteiger partial charge in [0, 0.05) is 17.1 Å². The maximum Gasteiger partial charge on any atom is 0.161 e. The van der Waals surface area contributed by atoms with Gasteiger partial charge < -0.3 is 24.6 Å². The largest absolute Gasteiger partial charge is 0.495 e. The summed E-state index contributed by atoms with van der Waals surface area (Å²) >= 11 is 5.98. The number of ketones is 1. The molecule has 26 heavy (non-hydrogen) atoms. The van der Waals surface area contributed by atoms with Gasteiger partial charge in [0.2, 0.25) is 0 Å². The van der Waals surface area contributed by atoms with Crippen LogP contribution in [0, 0.1) is 0 Å². The smallest absolute Gasteiger partial charge is 0.161 e. The summed E-state index contributed by atoms with van der Waals surface area (Å²) in [5.41, 5.74) is 1.21. The molecule has 0 aromatic heterocycles. The molecule has 0 aliphatic carbocycles. The van der Waals surface area contributed by atoms with Crippen molar-refractivity contribution < 1.29 is 24.1 Å². The van der Waals surface area contributed by atoms with Crippen LogP contribution in [0.3, 0.4) is 0 Å². The van der Waals surface area contributed by atoms with Gasteiger partial charge in [-0.3, -0.25) is 4.79 Å². The molecule has 2 N–H and O–H groups in total. The zero-order chi connectivity index (χ0) is 19.1. The van der Waals surface area contributed by atoms with E-state index in [0.29, 0.717) is 33.5 Å². The first kappa shape index (κ1) is 19.9. The second-order valence-electron chi connectivity index (χ2n) is 5.61. The summed E-state index contributed by atoms with van der Waals surface area (Å²) in [7, 11) is 3.06. The highest BCUT2D eigenvalue weighted by molar-refractivity contribution is 6.30. The highest BCUT2D eigenvalue weighted by Crippen LogP contribution is 2.29. The van der Waals surface area contributed by atoms with Crippen LogP contribution in [0.4, 0.5) is 5.69 Å². The molecule has 2 aromatic rings. The molecule has 0 fully saturated rings. The minimum absolute atomic E-state index is 0.0473. The molecule has 140 valence electrons. The fourth-order valence-electron chi connectivity index (χ4n) is 2.30. The molecule has 0 saturated heterocycles. The van der Waals surface area contributed by atoms with Crippen molar-refractivity contribution in [3.8, 4) is 17.2 Å². The molecule has 0 amide bonds. The molecule has 0 radical (unpaired) electrons. The number of benzene rings is 2. The van der Waals surface area contributed by atoms with Gasteiger partial charge in [-0.05, 0) is 43.3 Å². The predicted molar refractivity (Wildman–Crippen MR) is 101 cm³/mol. The second-order valence-corrected chi connectivity index (χ2v) is 6.05. The number of aliphatic hydroxyl groups excluding tert-OH is 1. The molecule has 0 bridgehead atoms. The van der Waals surface area contributed by atoms with Crippen LogP contribution in [-0.2, 0) is 0 Å². The molecule has 0 spiro atoms. The molecule has 2 rings (SSSR count). The van der Waals surface area contributed by atoms with Crippen LogP contribution >= 0.6 is 11.6 Å². The Morgan fingerprint density at radius 1 is 1.12 bits per heavy atom. The van der Waals surface area contributed by atoms with Crippen LogP contribution in [0.25, 0.3) is 0 Å². The van der Waals surface area contributed by atoms with E-state index in [9.17, 15) is 9.90 Å². The third kappa shape index (κ3) is 5.28. The highest BCUT2D eigenvalue weighted by atomic mass is 35.5. The van der Waals surface area contributed by atoms with Crippen LogP contribution in [0.5, 0.6) is 17.2 Å². The van der Waals surface area contributed by atoms with Crippen molar-refractivity contribution in [1.29, 1.82) is 0 Å². The van der Waals surface area contributed by atoms with Crippen molar-refractivity contribution in [1.82, 2.24) is 0 Å². The molecular weight excluding hydrogens is 358 g/mol. The average molecular weight is 380 g/mol. The van der Waals surface area contributed by atoms with Gasteiger partial charge in [-0.25, -0.2) is 0 Å². The van der Waals surface area contributed by atoms with E-state index in [0.717, 1.165) is 0 Å². The number of anilines is 1. The monoisotopic (exact) mass is 379 g/mol. The number of ether oxygens (including phenoxy) is 3. The van der Waals surface area contributed by atoms with E-state index in [1.54, 1.807) is 43.5 Å². The minimum Gasteiger partial charge on any atom is -0.495 e. The Bertz CT molecular complexity index is 766. The van der Waals surface area contributed by atoms with E-state index in [2.05, 4.69) is 5.32 Å². The summed E-state index contributed by atoms with van der Waals surface area (Å²) in [5, 5.41) is 13.8. The van der Waals surface area contributed by atoms with Crippen molar-refractivity contribution in [3.05, 3.63) is 47.0 Å². The predicted octanol–water partition coefficient (Wildman–Crippen LogP) is 3.41. The number of carbonyl (C=O) groups excluding carboxylic acids is 1. The van der Waals surface area contributed by atoms with E-state index in [1.807, 2.05) is 0 Å². The number of halogens is 1. The molecule has 1 atom stereocenters.